The first-order valence-corrected chi connectivity index (χ1v) is 16.9. The highest BCUT2D eigenvalue weighted by atomic mass is 32.2. The van der Waals surface area contributed by atoms with E-state index in [0.717, 1.165) is 17.8 Å². The number of carbonyl (C=O) groups is 1. The van der Waals surface area contributed by atoms with Gasteiger partial charge in [0, 0.05) is 43.5 Å². The molecule has 51 heavy (non-hydrogen) atoms. The number of para-hydroxylation sites is 1. The second kappa shape index (κ2) is 15.3. The van der Waals surface area contributed by atoms with Crippen LogP contribution in [0.4, 0.5) is 34.6 Å². The maximum absolute atomic E-state index is 15.1. The van der Waals surface area contributed by atoms with Crippen LogP contribution in [-0.4, -0.2) is 75.3 Å². The Kier molecular flexibility index (Phi) is 11.1. The molecular formula is C35H34F4N4O7S. The zero-order valence-corrected chi connectivity index (χ0v) is 28.2. The Labute approximate surface area is 291 Å². The van der Waals surface area contributed by atoms with Crippen LogP contribution in [0.2, 0.25) is 0 Å². The van der Waals surface area contributed by atoms with Crippen LogP contribution in [0.15, 0.2) is 101 Å². The molecule has 4 aromatic rings. The van der Waals surface area contributed by atoms with Gasteiger partial charge in [0.25, 0.3) is 10.1 Å². The van der Waals surface area contributed by atoms with Gasteiger partial charge in [0.2, 0.25) is 5.96 Å². The van der Waals surface area contributed by atoms with Crippen LogP contribution in [0.5, 0.6) is 11.5 Å². The molecule has 0 aromatic heterocycles. The molecule has 270 valence electrons. The number of halogens is 4. The Morgan fingerprint density at radius 3 is 2.14 bits per heavy atom. The number of rotatable bonds is 7. The molecule has 0 amide bonds. The van der Waals surface area contributed by atoms with Gasteiger partial charge in [0.15, 0.2) is 0 Å². The van der Waals surface area contributed by atoms with Gasteiger partial charge in [0.05, 0.1) is 42.8 Å². The summed E-state index contributed by atoms with van der Waals surface area (Å²) in [4.78, 5) is 22.0. The number of carboxylic acids is 1. The molecule has 2 N–H and O–H groups in total. The Bertz CT molecular complexity index is 2010. The van der Waals surface area contributed by atoms with Crippen molar-refractivity contribution < 1.29 is 49.9 Å². The van der Waals surface area contributed by atoms with Crippen molar-refractivity contribution in [3.8, 4) is 11.5 Å². The minimum absolute atomic E-state index is 0.0162. The second-order valence-electron chi connectivity index (χ2n) is 11.4. The molecule has 1 fully saturated rings. The summed E-state index contributed by atoms with van der Waals surface area (Å²) in [6.07, 6.45) is -5.18. The molecule has 0 bridgehead atoms. The van der Waals surface area contributed by atoms with Crippen molar-refractivity contribution in [3.05, 3.63) is 108 Å². The molecule has 0 spiro atoms. The number of carboxylic acid groups (broad SMARTS) is 1. The molecule has 2 aliphatic rings. The summed E-state index contributed by atoms with van der Waals surface area (Å²) in [5, 5.41) is 9.83. The Balaban J connectivity index is 0.000000435. The van der Waals surface area contributed by atoms with E-state index in [-0.39, 0.29) is 33.5 Å². The van der Waals surface area contributed by atoms with E-state index in [9.17, 15) is 31.5 Å². The number of aliphatic carboxylic acids is 1. The van der Waals surface area contributed by atoms with Gasteiger partial charge in [0.1, 0.15) is 23.0 Å². The first-order chi connectivity index (χ1) is 24.2. The maximum atomic E-state index is 15.1. The number of fused-ring (bicyclic) bond motifs is 1. The quantitative estimate of drug-likeness (QED) is 0.158. The molecule has 1 unspecified atom stereocenters. The van der Waals surface area contributed by atoms with Gasteiger partial charge in [-0.3, -0.25) is 9.35 Å². The van der Waals surface area contributed by atoms with Crippen molar-refractivity contribution in [2.45, 2.75) is 23.5 Å². The fraction of sp³-hybridized carbons (Fsp3) is 0.257. The summed E-state index contributed by atoms with van der Waals surface area (Å²) < 4.78 is 96.6. The lowest BCUT2D eigenvalue weighted by Gasteiger charge is -2.45. The number of alkyl halides is 3. The summed E-state index contributed by atoms with van der Waals surface area (Å²) >= 11 is 0. The van der Waals surface area contributed by atoms with Crippen molar-refractivity contribution in [3.63, 3.8) is 0 Å². The van der Waals surface area contributed by atoms with E-state index in [0.29, 0.717) is 31.9 Å². The van der Waals surface area contributed by atoms with Crippen molar-refractivity contribution in [2.75, 3.05) is 50.2 Å². The molecule has 0 saturated carbocycles. The number of piperazine rings is 1. The van der Waals surface area contributed by atoms with Crippen LogP contribution in [0.1, 0.15) is 23.6 Å². The summed E-state index contributed by atoms with van der Waals surface area (Å²) in [5.41, 5.74) is 0.204. The van der Waals surface area contributed by atoms with E-state index >= 15 is 4.39 Å². The van der Waals surface area contributed by atoms with Crippen LogP contribution in [-0.2, 0) is 21.1 Å². The molecule has 11 nitrogen and oxygen atoms in total. The van der Waals surface area contributed by atoms with Crippen molar-refractivity contribution in [1.82, 2.24) is 4.90 Å². The lowest BCUT2D eigenvalue weighted by atomic mass is 9.96. The van der Waals surface area contributed by atoms with Gasteiger partial charge in [-0.1, -0.05) is 36.4 Å². The number of anilines is 2. The van der Waals surface area contributed by atoms with Gasteiger partial charge in [-0.05, 0) is 48.5 Å². The number of nitrogens with zero attached hydrogens (tertiary/aromatic N) is 4. The lowest BCUT2D eigenvalue weighted by molar-refractivity contribution is -0.138. The monoisotopic (exact) mass is 730 g/mol. The standard InChI is InChI=1S/C29H28F4N4O4.C6H6O3S/c1-40-20-6-3-5-19(16-20)35-11-13-36(14-12-35)28-34-27-21(7-4-8-22(27)30)23(17-26(38)39)37(28)24-15-18(29(31,32)33)9-10-25(24)41-2;7-10(8,9)6-4-2-1-3-5-6/h3-10,15-16,23H,11-14,17H2,1-2H3,(H,38,39);1-5H,(H,7,8,9). The van der Waals surface area contributed by atoms with Crippen LogP contribution < -0.4 is 19.3 Å². The number of aliphatic imine (C=N–C) groups is 1. The predicted octanol–water partition coefficient (Wildman–Crippen LogP) is 6.64. The molecule has 1 saturated heterocycles. The summed E-state index contributed by atoms with van der Waals surface area (Å²) in [5.74, 6) is -0.910. The highest BCUT2D eigenvalue weighted by Crippen LogP contribution is 2.46. The Morgan fingerprint density at radius 2 is 1.55 bits per heavy atom. The van der Waals surface area contributed by atoms with Crippen LogP contribution >= 0.6 is 0 Å². The van der Waals surface area contributed by atoms with E-state index in [2.05, 4.69) is 9.89 Å². The predicted molar refractivity (Wildman–Crippen MR) is 182 cm³/mol. The Hall–Kier alpha value is -5.35. The number of benzene rings is 4. The van der Waals surface area contributed by atoms with E-state index in [1.54, 1.807) is 31.4 Å². The van der Waals surface area contributed by atoms with Crippen molar-refractivity contribution in [2.24, 2.45) is 4.99 Å². The van der Waals surface area contributed by atoms with Gasteiger partial charge in [-0.15, -0.1) is 0 Å². The fourth-order valence-electron chi connectivity index (χ4n) is 5.84. The molecule has 2 aliphatic heterocycles. The number of ether oxygens (including phenoxy) is 2. The lowest BCUT2D eigenvalue weighted by Crippen LogP contribution is -2.55. The Morgan fingerprint density at radius 1 is 0.882 bits per heavy atom. The van der Waals surface area contributed by atoms with E-state index in [1.807, 2.05) is 29.2 Å². The summed E-state index contributed by atoms with van der Waals surface area (Å²) in [7, 11) is -1.10. The first kappa shape index (κ1) is 36.9. The average molecular weight is 731 g/mol. The van der Waals surface area contributed by atoms with Crippen molar-refractivity contribution >= 4 is 39.1 Å². The summed E-state index contributed by atoms with van der Waals surface area (Å²) in [6.45, 7) is 1.82. The molecule has 1 atom stereocenters. The zero-order valence-electron chi connectivity index (χ0n) is 27.4. The molecule has 0 radical (unpaired) electrons. The molecule has 2 heterocycles. The van der Waals surface area contributed by atoms with Crippen LogP contribution in [0.3, 0.4) is 0 Å². The largest absolute Gasteiger partial charge is 0.497 e. The third-order valence-electron chi connectivity index (χ3n) is 8.27. The zero-order chi connectivity index (χ0) is 36.9. The van der Waals surface area contributed by atoms with Gasteiger partial charge in [-0.25, -0.2) is 9.38 Å². The van der Waals surface area contributed by atoms with E-state index < -0.39 is 46.1 Å². The molecule has 4 aromatic carbocycles. The number of guanidine groups is 1. The van der Waals surface area contributed by atoms with Crippen LogP contribution in [0.25, 0.3) is 0 Å². The smallest absolute Gasteiger partial charge is 0.416 e. The SMILES string of the molecule is COc1cccc(N2CCN(C3=Nc4c(F)cccc4C(CC(=O)O)N3c3cc(C(F)(F)F)ccc3OC)CC2)c1.O=S(=O)(O)c1ccccc1. The van der Waals surface area contributed by atoms with Crippen LogP contribution in [0, 0.1) is 5.82 Å². The molecule has 16 heteroatoms. The number of methoxy groups -OCH3 is 2. The average Bonchev–Trinajstić information content (AvgIpc) is 3.11. The normalized spacial score (nSPS) is 16.0. The van der Waals surface area contributed by atoms with E-state index in [4.69, 9.17) is 14.0 Å². The highest BCUT2D eigenvalue weighted by Gasteiger charge is 2.40. The summed E-state index contributed by atoms with van der Waals surface area (Å²) in [6, 6.07) is 21.1. The minimum Gasteiger partial charge on any atom is -0.497 e. The van der Waals surface area contributed by atoms with Gasteiger partial charge >= 0.3 is 12.1 Å². The van der Waals surface area contributed by atoms with Crippen molar-refractivity contribution in [1.29, 1.82) is 0 Å². The van der Waals surface area contributed by atoms with Gasteiger partial charge in [-0.2, -0.15) is 21.6 Å². The van der Waals surface area contributed by atoms with E-state index in [1.165, 1.54) is 42.3 Å². The maximum Gasteiger partial charge on any atom is 0.416 e. The first-order valence-electron chi connectivity index (χ1n) is 15.5. The molecule has 6 rings (SSSR count). The molecular weight excluding hydrogens is 696 g/mol. The fourth-order valence-corrected chi connectivity index (χ4v) is 6.34. The highest BCUT2D eigenvalue weighted by molar-refractivity contribution is 7.85. The molecule has 0 aliphatic carbocycles. The van der Waals surface area contributed by atoms with Gasteiger partial charge < -0.3 is 29.3 Å². The third-order valence-corrected chi connectivity index (χ3v) is 9.14. The number of hydrogen-bond donors (Lipinski definition) is 2. The third kappa shape index (κ3) is 8.52. The number of hydrogen-bond acceptors (Lipinski definition) is 9. The topological polar surface area (TPSA) is 132 Å². The minimum atomic E-state index is -4.66. The second-order valence-corrected chi connectivity index (χ2v) is 12.8.